The van der Waals surface area contributed by atoms with E-state index >= 15 is 0 Å². The summed E-state index contributed by atoms with van der Waals surface area (Å²) in [7, 11) is 0. The van der Waals surface area contributed by atoms with Crippen molar-refractivity contribution in [3.05, 3.63) is 86.9 Å². The third-order valence-corrected chi connectivity index (χ3v) is 5.40. The molecule has 4 aromatic rings. The van der Waals surface area contributed by atoms with Crippen LogP contribution in [0.25, 0.3) is 28.6 Å². The van der Waals surface area contributed by atoms with Crippen molar-refractivity contribution < 1.29 is 22.8 Å². The van der Waals surface area contributed by atoms with E-state index in [1.165, 1.54) is 30.3 Å². The Balaban J connectivity index is 1.51. The number of carbonyl (C=O) groups excluding carboxylic acids is 2. The van der Waals surface area contributed by atoms with Crippen molar-refractivity contribution in [2.75, 3.05) is 0 Å². The number of hydrogen-bond acceptors (Lipinski definition) is 4. The average molecular weight is 427 g/mol. The number of furan rings is 2. The maximum absolute atomic E-state index is 13.1. The molecule has 29 heavy (non-hydrogen) atoms. The highest BCUT2D eigenvalue weighted by molar-refractivity contribution is 6.46. The summed E-state index contributed by atoms with van der Waals surface area (Å²) < 4.78 is 24.5. The van der Waals surface area contributed by atoms with Gasteiger partial charge in [0.15, 0.2) is 22.7 Å². The highest BCUT2D eigenvalue weighted by Crippen LogP contribution is 2.35. The molecule has 0 atom stereocenters. The Morgan fingerprint density at radius 3 is 1.97 bits per heavy atom. The van der Waals surface area contributed by atoms with Gasteiger partial charge in [-0.2, -0.15) is 0 Å². The lowest BCUT2D eigenvalue weighted by Crippen LogP contribution is -1.99. The number of allylic oxidation sites excluding steroid dienone is 1. The third kappa shape index (κ3) is 2.90. The van der Waals surface area contributed by atoms with Gasteiger partial charge >= 0.3 is 0 Å². The molecule has 1 aliphatic carbocycles. The van der Waals surface area contributed by atoms with Crippen LogP contribution in [0.3, 0.4) is 0 Å². The van der Waals surface area contributed by atoms with Crippen LogP contribution in [0, 0.1) is 5.82 Å². The van der Waals surface area contributed by atoms with Gasteiger partial charge in [-0.05, 0) is 42.5 Å². The van der Waals surface area contributed by atoms with Crippen LogP contribution in [0.1, 0.15) is 26.5 Å². The summed E-state index contributed by atoms with van der Waals surface area (Å²) >= 11 is 11.9. The van der Waals surface area contributed by atoms with Gasteiger partial charge in [0.1, 0.15) is 17.3 Å². The van der Waals surface area contributed by atoms with Crippen LogP contribution in [-0.2, 0) is 0 Å². The zero-order valence-corrected chi connectivity index (χ0v) is 16.0. The lowest BCUT2D eigenvalue weighted by Gasteiger charge is -1.98. The maximum atomic E-state index is 13.1. The molecule has 0 aliphatic heterocycles. The van der Waals surface area contributed by atoms with E-state index in [0.29, 0.717) is 28.2 Å². The van der Waals surface area contributed by atoms with Gasteiger partial charge in [0.25, 0.3) is 0 Å². The summed E-state index contributed by atoms with van der Waals surface area (Å²) in [4.78, 5) is 25.2. The molecule has 0 fully saturated rings. The molecule has 142 valence electrons. The topological polar surface area (TPSA) is 60.4 Å². The van der Waals surface area contributed by atoms with Gasteiger partial charge in [-0.15, -0.1) is 0 Å². The van der Waals surface area contributed by atoms with Crippen LogP contribution in [-0.4, -0.2) is 11.6 Å². The first-order valence-electron chi connectivity index (χ1n) is 8.50. The van der Waals surface area contributed by atoms with Gasteiger partial charge in [-0.1, -0.05) is 23.2 Å². The fourth-order valence-electron chi connectivity index (χ4n) is 3.27. The summed E-state index contributed by atoms with van der Waals surface area (Å²) in [6.07, 6.45) is 1.37. The summed E-state index contributed by atoms with van der Waals surface area (Å²) in [6.45, 7) is 0. The predicted molar refractivity (Wildman–Crippen MR) is 107 cm³/mol. The minimum absolute atomic E-state index is 0.0338. The van der Waals surface area contributed by atoms with Crippen LogP contribution in [0.5, 0.6) is 0 Å². The Labute approximate surface area is 173 Å². The molecule has 1 aliphatic rings. The first-order valence-corrected chi connectivity index (χ1v) is 9.26. The first-order chi connectivity index (χ1) is 13.9. The summed E-state index contributed by atoms with van der Waals surface area (Å²) in [5.41, 5.74) is 1.97. The summed E-state index contributed by atoms with van der Waals surface area (Å²) in [6, 6.07) is 11.9. The molecule has 0 unspecified atom stereocenters. The van der Waals surface area contributed by atoms with E-state index in [4.69, 9.17) is 32.0 Å². The van der Waals surface area contributed by atoms with Crippen LogP contribution in [0.4, 0.5) is 4.39 Å². The van der Waals surface area contributed by atoms with Gasteiger partial charge in [0.05, 0.1) is 15.6 Å². The largest absolute Gasteiger partial charge is 0.453 e. The van der Waals surface area contributed by atoms with Crippen LogP contribution < -0.4 is 0 Å². The fraction of sp³-hybridized carbons (Fsp3) is 0. The second kappa shape index (κ2) is 6.44. The molecule has 0 radical (unpaired) electrons. The zero-order chi connectivity index (χ0) is 20.3. The summed E-state index contributed by atoms with van der Waals surface area (Å²) in [5.74, 6) is -0.409. The number of Topliss-reactive ketones (excluding diaryl/α,β-unsaturated/α-hetero) is 2. The molecule has 4 nitrogen and oxygen atoms in total. The van der Waals surface area contributed by atoms with Gasteiger partial charge in [-0.25, -0.2) is 4.39 Å². The molecule has 2 aromatic carbocycles. The molecule has 5 rings (SSSR count). The third-order valence-electron chi connectivity index (χ3n) is 4.68. The highest BCUT2D eigenvalue weighted by atomic mass is 35.5. The van der Waals surface area contributed by atoms with Crippen molar-refractivity contribution >= 4 is 52.0 Å². The van der Waals surface area contributed by atoms with Gasteiger partial charge in [0.2, 0.25) is 0 Å². The Bertz CT molecular complexity index is 1290. The number of halogens is 3. The van der Waals surface area contributed by atoms with Crippen LogP contribution >= 0.6 is 23.2 Å². The predicted octanol–water partition coefficient (Wildman–Crippen LogP) is 6.60. The minimum Gasteiger partial charge on any atom is -0.453 e. The normalized spacial score (nSPS) is 13.4. The van der Waals surface area contributed by atoms with Crippen molar-refractivity contribution in [1.29, 1.82) is 0 Å². The Morgan fingerprint density at radius 1 is 0.793 bits per heavy atom. The maximum Gasteiger partial charge on any atom is 0.197 e. The lowest BCUT2D eigenvalue weighted by molar-refractivity contribution is 0.0990. The molecular weight excluding hydrogens is 418 g/mol. The molecular formula is C22H9Cl2FO4. The second-order valence-corrected chi connectivity index (χ2v) is 7.34. The number of rotatable bonds is 2. The van der Waals surface area contributed by atoms with Crippen LogP contribution in [0.15, 0.2) is 62.9 Å². The van der Waals surface area contributed by atoms with E-state index in [-0.39, 0.29) is 32.6 Å². The van der Waals surface area contributed by atoms with Crippen molar-refractivity contribution in [2.24, 2.45) is 0 Å². The molecule has 7 heteroatoms. The molecule has 0 saturated heterocycles. The Morgan fingerprint density at radius 2 is 1.38 bits per heavy atom. The van der Waals surface area contributed by atoms with E-state index < -0.39 is 11.6 Å². The Hall–Kier alpha value is -3.15. The first kappa shape index (κ1) is 17.9. The van der Waals surface area contributed by atoms with Crippen molar-refractivity contribution in [2.45, 2.75) is 0 Å². The average Bonchev–Trinajstić information content (AvgIpc) is 3.31. The number of fused-ring (bicyclic) bond motifs is 2. The molecule has 0 amide bonds. The molecule has 0 bridgehead atoms. The smallest absolute Gasteiger partial charge is 0.197 e. The number of benzene rings is 2. The SMILES string of the molecule is O=C1C(=Cc2cc3oc(-c4ccc(F)cc4)cc3o2)C(=O)c2cc(Cl)c(Cl)cc21. The highest BCUT2D eigenvalue weighted by Gasteiger charge is 2.34. The molecule has 0 spiro atoms. The van der Waals surface area contributed by atoms with E-state index in [9.17, 15) is 14.0 Å². The molecule has 2 aromatic heterocycles. The Kier molecular flexibility index (Phi) is 3.98. The van der Waals surface area contributed by atoms with Gasteiger partial charge in [0, 0.05) is 28.8 Å². The van der Waals surface area contributed by atoms with Crippen LogP contribution in [0.2, 0.25) is 10.0 Å². The number of carbonyl (C=O) groups is 2. The van der Waals surface area contributed by atoms with Crippen molar-refractivity contribution in [3.63, 3.8) is 0 Å². The quantitative estimate of drug-likeness (QED) is 0.267. The fourth-order valence-corrected chi connectivity index (χ4v) is 3.60. The van der Waals surface area contributed by atoms with E-state index in [1.54, 1.807) is 24.3 Å². The molecule has 0 saturated carbocycles. The minimum atomic E-state index is -0.441. The van der Waals surface area contributed by atoms with Crippen molar-refractivity contribution in [1.82, 2.24) is 0 Å². The monoisotopic (exact) mass is 426 g/mol. The van der Waals surface area contributed by atoms with Crippen molar-refractivity contribution in [3.8, 4) is 11.3 Å². The van der Waals surface area contributed by atoms with E-state index in [2.05, 4.69) is 0 Å². The summed E-state index contributed by atoms with van der Waals surface area (Å²) in [5, 5.41) is 0.410. The standard InChI is InChI=1S/C22H9Cl2FO4/c23-16-7-13-14(8-17(16)24)22(27)15(21(13)26)5-12-6-19-20(28-12)9-18(29-19)10-1-3-11(25)4-2-10/h1-9H. The van der Waals surface area contributed by atoms with Gasteiger partial charge < -0.3 is 8.83 Å². The lowest BCUT2D eigenvalue weighted by atomic mass is 10.1. The van der Waals surface area contributed by atoms with Gasteiger partial charge in [-0.3, -0.25) is 9.59 Å². The molecule has 0 N–H and O–H groups in total. The van der Waals surface area contributed by atoms with E-state index in [1.807, 2.05) is 0 Å². The molecule has 2 heterocycles. The van der Waals surface area contributed by atoms with E-state index in [0.717, 1.165) is 0 Å². The second-order valence-electron chi connectivity index (χ2n) is 6.52. The number of hydrogen-bond donors (Lipinski definition) is 0. The zero-order valence-electron chi connectivity index (χ0n) is 14.5. The number of ketones is 2.